The fraction of sp³-hybridized carbons (Fsp3) is 0.812. The molecule has 1 aromatic heterocycles. The van der Waals surface area contributed by atoms with E-state index in [0.29, 0.717) is 11.8 Å². The molecule has 1 saturated carbocycles. The van der Waals surface area contributed by atoms with E-state index in [-0.39, 0.29) is 11.5 Å². The molecule has 3 nitrogen and oxygen atoms in total. The van der Waals surface area contributed by atoms with Crippen molar-refractivity contribution in [2.24, 2.45) is 24.3 Å². The van der Waals surface area contributed by atoms with Gasteiger partial charge in [0.1, 0.15) is 0 Å². The summed E-state index contributed by atoms with van der Waals surface area (Å²) in [5.74, 6) is 1.12. The summed E-state index contributed by atoms with van der Waals surface area (Å²) in [4.78, 5) is 0. The van der Waals surface area contributed by atoms with Crippen LogP contribution in [0.25, 0.3) is 0 Å². The SMILES string of the molecule is CC1CCC(C(C)(C)CCc2ccnn2C)C(O)C1. The van der Waals surface area contributed by atoms with Gasteiger partial charge >= 0.3 is 0 Å². The van der Waals surface area contributed by atoms with Crippen molar-refractivity contribution < 1.29 is 5.11 Å². The lowest BCUT2D eigenvalue weighted by atomic mass is 9.65. The molecule has 0 saturated heterocycles. The van der Waals surface area contributed by atoms with Gasteiger partial charge in [0.25, 0.3) is 0 Å². The Morgan fingerprint density at radius 1 is 1.42 bits per heavy atom. The number of aliphatic hydroxyl groups is 1. The Morgan fingerprint density at radius 3 is 2.74 bits per heavy atom. The molecule has 0 radical (unpaired) electrons. The maximum Gasteiger partial charge on any atom is 0.0576 e. The zero-order chi connectivity index (χ0) is 14.0. The minimum atomic E-state index is -0.120. The topological polar surface area (TPSA) is 38.0 Å². The van der Waals surface area contributed by atoms with Gasteiger partial charge in [0.15, 0.2) is 0 Å². The summed E-state index contributed by atoms with van der Waals surface area (Å²) < 4.78 is 1.95. The predicted molar refractivity (Wildman–Crippen MR) is 77.8 cm³/mol. The van der Waals surface area contributed by atoms with E-state index in [1.54, 1.807) is 0 Å². The number of aliphatic hydroxyl groups excluding tert-OH is 1. The number of hydrogen-bond donors (Lipinski definition) is 1. The van der Waals surface area contributed by atoms with Crippen molar-refractivity contribution in [2.75, 3.05) is 0 Å². The highest BCUT2D eigenvalue weighted by atomic mass is 16.3. The van der Waals surface area contributed by atoms with Crippen molar-refractivity contribution in [1.82, 2.24) is 9.78 Å². The lowest BCUT2D eigenvalue weighted by molar-refractivity contribution is -0.0159. The van der Waals surface area contributed by atoms with Gasteiger partial charge < -0.3 is 5.11 Å². The van der Waals surface area contributed by atoms with Crippen LogP contribution in [-0.2, 0) is 13.5 Å². The minimum Gasteiger partial charge on any atom is -0.393 e. The Bertz CT molecular complexity index is 411. The van der Waals surface area contributed by atoms with Crippen LogP contribution in [0.3, 0.4) is 0 Å². The van der Waals surface area contributed by atoms with E-state index in [4.69, 9.17) is 0 Å². The molecular formula is C16H28N2O. The molecule has 0 aliphatic heterocycles. The highest BCUT2D eigenvalue weighted by molar-refractivity contribution is 5.01. The molecule has 3 heteroatoms. The molecule has 1 aliphatic carbocycles. The fourth-order valence-electron chi connectivity index (χ4n) is 3.54. The minimum absolute atomic E-state index is 0.120. The quantitative estimate of drug-likeness (QED) is 0.907. The highest BCUT2D eigenvalue weighted by Crippen LogP contribution is 2.42. The molecule has 1 fully saturated rings. The van der Waals surface area contributed by atoms with Crippen LogP contribution in [0.1, 0.15) is 52.1 Å². The van der Waals surface area contributed by atoms with Gasteiger partial charge in [0.2, 0.25) is 0 Å². The first-order valence-corrected chi connectivity index (χ1v) is 7.55. The molecule has 1 heterocycles. The number of aromatic nitrogens is 2. The van der Waals surface area contributed by atoms with Gasteiger partial charge in [-0.1, -0.05) is 27.2 Å². The molecule has 3 atom stereocenters. The molecule has 0 amide bonds. The van der Waals surface area contributed by atoms with Crippen LogP contribution < -0.4 is 0 Å². The summed E-state index contributed by atoms with van der Waals surface area (Å²) in [7, 11) is 2.00. The third-order valence-corrected chi connectivity index (χ3v) is 5.03. The average molecular weight is 264 g/mol. The average Bonchev–Trinajstić information content (AvgIpc) is 2.72. The Morgan fingerprint density at radius 2 is 2.16 bits per heavy atom. The molecule has 108 valence electrons. The summed E-state index contributed by atoms with van der Waals surface area (Å²) in [5.41, 5.74) is 1.48. The second kappa shape index (κ2) is 5.66. The maximum absolute atomic E-state index is 10.4. The third-order valence-electron chi connectivity index (χ3n) is 5.03. The second-order valence-electron chi connectivity index (χ2n) is 7.03. The molecule has 2 rings (SSSR count). The molecule has 0 bridgehead atoms. The Balaban J connectivity index is 1.96. The van der Waals surface area contributed by atoms with Crippen molar-refractivity contribution in [2.45, 2.75) is 59.0 Å². The summed E-state index contributed by atoms with van der Waals surface area (Å²) in [6.45, 7) is 6.88. The number of nitrogens with zero attached hydrogens (tertiary/aromatic N) is 2. The van der Waals surface area contributed by atoms with Gasteiger partial charge in [-0.3, -0.25) is 4.68 Å². The molecule has 0 aromatic carbocycles. The van der Waals surface area contributed by atoms with Crippen LogP contribution >= 0.6 is 0 Å². The van der Waals surface area contributed by atoms with E-state index in [0.717, 1.165) is 19.3 Å². The molecule has 3 unspecified atom stereocenters. The molecule has 1 N–H and O–H groups in total. The number of aryl methyl sites for hydroxylation is 2. The fourth-order valence-corrected chi connectivity index (χ4v) is 3.54. The smallest absolute Gasteiger partial charge is 0.0576 e. The van der Waals surface area contributed by atoms with Crippen LogP contribution in [0.2, 0.25) is 0 Å². The molecule has 19 heavy (non-hydrogen) atoms. The van der Waals surface area contributed by atoms with E-state index >= 15 is 0 Å². The largest absolute Gasteiger partial charge is 0.393 e. The first-order valence-electron chi connectivity index (χ1n) is 7.55. The molecule has 1 aromatic rings. The van der Waals surface area contributed by atoms with E-state index in [9.17, 15) is 5.11 Å². The van der Waals surface area contributed by atoms with Crippen molar-refractivity contribution in [3.63, 3.8) is 0 Å². The van der Waals surface area contributed by atoms with Gasteiger partial charge in [-0.05, 0) is 49.0 Å². The first-order chi connectivity index (χ1) is 8.90. The first kappa shape index (κ1) is 14.6. The van der Waals surface area contributed by atoms with E-state index in [1.165, 1.54) is 18.5 Å². The van der Waals surface area contributed by atoms with Gasteiger partial charge in [-0.25, -0.2) is 0 Å². The van der Waals surface area contributed by atoms with Crippen molar-refractivity contribution in [3.05, 3.63) is 18.0 Å². The summed E-state index contributed by atoms with van der Waals surface area (Å²) in [6, 6.07) is 2.09. The monoisotopic (exact) mass is 264 g/mol. The Kier molecular flexibility index (Phi) is 4.34. The Hall–Kier alpha value is -0.830. The van der Waals surface area contributed by atoms with Crippen LogP contribution in [0.4, 0.5) is 0 Å². The Labute approximate surface area is 117 Å². The van der Waals surface area contributed by atoms with Crippen molar-refractivity contribution in [1.29, 1.82) is 0 Å². The lowest BCUT2D eigenvalue weighted by Gasteiger charge is -2.42. The van der Waals surface area contributed by atoms with E-state index in [1.807, 2.05) is 17.9 Å². The van der Waals surface area contributed by atoms with Crippen LogP contribution in [-0.4, -0.2) is 21.0 Å². The van der Waals surface area contributed by atoms with Crippen LogP contribution in [0, 0.1) is 17.3 Å². The lowest BCUT2D eigenvalue weighted by Crippen LogP contribution is -2.39. The highest BCUT2D eigenvalue weighted by Gasteiger charge is 2.37. The maximum atomic E-state index is 10.4. The standard InChI is InChI=1S/C16H28N2O/c1-12-5-6-14(15(19)11-12)16(2,3)9-7-13-8-10-17-18(13)4/h8,10,12,14-15,19H,5-7,9,11H2,1-4H3. The third kappa shape index (κ3) is 3.38. The molecule has 0 spiro atoms. The predicted octanol–water partition coefficient (Wildman–Crippen LogP) is 3.18. The van der Waals surface area contributed by atoms with Gasteiger partial charge in [-0.15, -0.1) is 0 Å². The van der Waals surface area contributed by atoms with Gasteiger partial charge in [-0.2, -0.15) is 5.10 Å². The zero-order valence-electron chi connectivity index (χ0n) is 12.8. The molecule has 1 aliphatic rings. The van der Waals surface area contributed by atoms with Crippen LogP contribution in [0.5, 0.6) is 0 Å². The number of rotatable bonds is 4. The van der Waals surface area contributed by atoms with Gasteiger partial charge in [0.05, 0.1) is 6.10 Å². The van der Waals surface area contributed by atoms with E-state index < -0.39 is 0 Å². The van der Waals surface area contributed by atoms with Crippen LogP contribution in [0.15, 0.2) is 12.3 Å². The van der Waals surface area contributed by atoms with E-state index in [2.05, 4.69) is 31.9 Å². The summed E-state index contributed by atoms with van der Waals surface area (Å²) >= 11 is 0. The normalized spacial score (nSPS) is 28.6. The van der Waals surface area contributed by atoms with Crippen molar-refractivity contribution in [3.8, 4) is 0 Å². The van der Waals surface area contributed by atoms with Gasteiger partial charge in [0, 0.05) is 18.9 Å². The summed E-state index contributed by atoms with van der Waals surface area (Å²) in [6.07, 6.45) is 7.30. The summed E-state index contributed by atoms with van der Waals surface area (Å²) in [5, 5.41) is 14.6. The molecular weight excluding hydrogens is 236 g/mol. The number of hydrogen-bond acceptors (Lipinski definition) is 2. The second-order valence-corrected chi connectivity index (χ2v) is 7.03. The zero-order valence-corrected chi connectivity index (χ0v) is 12.8. The van der Waals surface area contributed by atoms with Crippen molar-refractivity contribution >= 4 is 0 Å².